The Bertz CT molecular complexity index is 1380. The van der Waals surface area contributed by atoms with E-state index in [-0.39, 0.29) is 17.9 Å². The molecule has 3 heterocycles. The zero-order valence-electron chi connectivity index (χ0n) is 20.3. The molecule has 1 aliphatic carbocycles. The minimum absolute atomic E-state index is 0.0986. The Morgan fingerprint density at radius 1 is 1.16 bits per heavy atom. The summed E-state index contributed by atoms with van der Waals surface area (Å²) in [7, 11) is 1.54. The third-order valence-electron chi connectivity index (χ3n) is 6.76. The average molecular weight is 537 g/mol. The molecule has 37 heavy (non-hydrogen) atoms. The first kappa shape index (κ1) is 25.3. The summed E-state index contributed by atoms with van der Waals surface area (Å²) in [5.41, 5.74) is 8.63. The quantitative estimate of drug-likeness (QED) is 0.370. The van der Waals surface area contributed by atoms with Crippen LogP contribution >= 0.6 is 23.2 Å². The maximum Gasteiger partial charge on any atom is 0.162 e. The lowest BCUT2D eigenvalue weighted by Crippen LogP contribution is -2.68. The second-order valence-corrected chi connectivity index (χ2v) is 10.5. The van der Waals surface area contributed by atoms with Crippen molar-refractivity contribution in [3.05, 3.63) is 75.2 Å². The lowest BCUT2D eigenvalue weighted by molar-refractivity contribution is 0.284. The fourth-order valence-electron chi connectivity index (χ4n) is 4.66. The average Bonchev–Trinajstić information content (AvgIpc) is 3.69. The minimum Gasteiger partial charge on any atom is -0.493 e. The Hall–Kier alpha value is -3.38. The Balaban J connectivity index is 1.34. The van der Waals surface area contributed by atoms with Gasteiger partial charge in [-0.05, 0) is 36.6 Å². The molecule has 8 nitrogen and oxygen atoms in total. The van der Waals surface area contributed by atoms with Crippen LogP contribution in [0.25, 0.3) is 0 Å². The molecule has 2 aromatic heterocycles. The highest BCUT2D eigenvalue weighted by Gasteiger charge is 2.44. The van der Waals surface area contributed by atoms with Gasteiger partial charge in [-0.25, -0.2) is 4.98 Å². The number of hydrogen-bond acceptors (Lipinski definition) is 8. The number of ether oxygens (including phenoxy) is 2. The molecule has 0 unspecified atom stereocenters. The molecular formula is C27H26Cl2N6O2. The highest BCUT2D eigenvalue weighted by molar-refractivity contribution is 6.35. The maximum atomic E-state index is 9.80. The largest absolute Gasteiger partial charge is 0.493 e. The molecule has 5 rings (SSSR count). The Kier molecular flexibility index (Phi) is 6.95. The fourth-order valence-corrected chi connectivity index (χ4v) is 5.13. The standard InChI is InChI=1S/C27H26Cl2N6O2/c1-36-23-5-4-17(7-24(23)37-13-20-21(28)11-33-12-22(20)29)25(31)19-6-18(9-30)26(34-10-19)35-14-27(32,15-35)8-16-2-3-16/h4-7,10-12,16,31H,2-3,8,13-15,32H2,1H3. The van der Waals surface area contributed by atoms with E-state index < -0.39 is 0 Å². The van der Waals surface area contributed by atoms with Gasteiger partial charge in [0.05, 0.1) is 34.0 Å². The van der Waals surface area contributed by atoms with Crippen LogP contribution in [0.3, 0.4) is 0 Å². The number of benzene rings is 1. The van der Waals surface area contributed by atoms with Crippen molar-refractivity contribution < 1.29 is 9.47 Å². The molecule has 0 bridgehead atoms. The van der Waals surface area contributed by atoms with Crippen LogP contribution in [0.4, 0.5) is 5.82 Å². The monoisotopic (exact) mass is 536 g/mol. The van der Waals surface area contributed by atoms with Gasteiger partial charge in [-0.3, -0.25) is 10.4 Å². The molecule has 1 saturated carbocycles. The second kappa shape index (κ2) is 10.2. The summed E-state index contributed by atoms with van der Waals surface area (Å²) in [6.07, 6.45) is 8.17. The van der Waals surface area contributed by atoms with Gasteiger partial charge in [-0.15, -0.1) is 0 Å². The topological polar surface area (TPSA) is 121 Å². The third-order valence-corrected chi connectivity index (χ3v) is 7.41. The van der Waals surface area contributed by atoms with Crippen molar-refractivity contribution in [2.45, 2.75) is 31.4 Å². The van der Waals surface area contributed by atoms with Crippen molar-refractivity contribution in [2.75, 3.05) is 25.1 Å². The molecule has 2 fully saturated rings. The number of nitriles is 1. The van der Waals surface area contributed by atoms with Crippen LogP contribution in [-0.4, -0.2) is 41.4 Å². The fraction of sp³-hybridized carbons (Fsp3) is 0.333. The molecule has 1 aliphatic heterocycles. The van der Waals surface area contributed by atoms with Crippen molar-refractivity contribution in [3.8, 4) is 17.6 Å². The first-order chi connectivity index (χ1) is 17.8. The van der Waals surface area contributed by atoms with Crippen LogP contribution < -0.4 is 20.1 Å². The molecule has 3 aromatic rings. The van der Waals surface area contributed by atoms with Crippen molar-refractivity contribution in [1.29, 1.82) is 10.7 Å². The van der Waals surface area contributed by atoms with Crippen LogP contribution in [-0.2, 0) is 6.61 Å². The van der Waals surface area contributed by atoms with E-state index in [1.54, 1.807) is 30.5 Å². The van der Waals surface area contributed by atoms with Crippen LogP contribution in [0.2, 0.25) is 10.0 Å². The summed E-state index contributed by atoms with van der Waals surface area (Å²) >= 11 is 12.4. The molecule has 2 aliphatic rings. The summed E-state index contributed by atoms with van der Waals surface area (Å²) in [5, 5.41) is 19.4. The first-order valence-corrected chi connectivity index (χ1v) is 12.7. The molecule has 1 saturated heterocycles. The van der Waals surface area contributed by atoms with Gasteiger partial charge in [-0.2, -0.15) is 5.26 Å². The van der Waals surface area contributed by atoms with Gasteiger partial charge in [0.2, 0.25) is 0 Å². The maximum absolute atomic E-state index is 9.80. The summed E-state index contributed by atoms with van der Waals surface area (Å²) in [6.45, 7) is 1.47. The minimum atomic E-state index is -0.203. The Labute approximate surface area is 225 Å². The lowest BCUT2D eigenvalue weighted by Gasteiger charge is -2.49. The molecule has 10 heteroatoms. The summed E-state index contributed by atoms with van der Waals surface area (Å²) in [5.74, 6) is 2.28. The van der Waals surface area contributed by atoms with E-state index in [4.69, 9.17) is 43.8 Å². The predicted molar refractivity (Wildman–Crippen MR) is 143 cm³/mol. The van der Waals surface area contributed by atoms with Gasteiger partial charge in [0.15, 0.2) is 11.5 Å². The number of nitrogens with one attached hydrogen (secondary N) is 1. The predicted octanol–water partition coefficient (Wildman–Crippen LogP) is 4.98. The Morgan fingerprint density at radius 3 is 2.54 bits per heavy atom. The van der Waals surface area contributed by atoms with Crippen molar-refractivity contribution >= 4 is 34.7 Å². The number of halogens is 2. The van der Waals surface area contributed by atoms with Crippen LogP contribution in [0.5, 0.6) is 11.5 Å². The smallest absolute Gasteiger partial charge is 0.162 e. The van der Waals surface area contributed by atoms with E-state index in [1.165, 1.54) is 32.3 Å². The number of rotatable bonds is 9. The first-order valence-electron chi connectivity index (χ1n) is 11.9. The van der Waals surface area contributed by atoms with E-state index in [0.29, 0.717) is 62.7 Å². The van der Waals surface area contributed by atoms with Gasteiger partial charge in [0, 0.05) is 48.4 Å². The highest BCUT2D eigenvalue weighted by Crippen LogP contribution is 2.40. The normalized spacial score (nSPS) is 16.0. The SMILES string of the molecule is COc1ccc(C(=N)c2cnc(N3CC(N)(CC4CC4)C3)c(C#N)c2)cc1OCc1c(Cl)cncc1Cl. The van der Waals surface area contributed by atoms with Crippen LogP contribution in [0.15, 0.2) is 42.9 Å². The highest BCUT2D eigenvalue weighted by atomic mass is 35.5. The zero-order chi connectivity index (χ0) is 26.2. The summed E-state index contributed by atoms with van der Waals surface area (Å²) in [6, 6.07) is 9.13. The van der Waals surface area contributed by atoms with Gasteiger partial charge >= 0.3 is 0 Å². The van der Waals surface area contributed by atoms with Gasteiger partial charge in [-0.1, -0.05) is 36.0 Å². The van der Waals surface area contributed by atoms with E-state index in [9.17, 15) is 5.26 Å². The second-order valence-electron chi connectivity index (χ2n) is 9.68. The molecular weight excluding hydrogens is 511 g/mol. The van der Waals surface area contributed by atoms with Gasteiger partial charge in [0.25, 0.3) is 0 Å². The Morgan fingerprint density at radius 2 is 1.89 bits per heavy atom. The third kappa shape index (κ3) is 5.35. The number of hydrogen-bond donors (Lipinski definition) is 2. The van der Waals surface area contributed by atoms with Crippen molar-refractivity contribution in [2.24, 2.45) is 11.7 Å². The molecule has 190 valence electrons. The van der Waals surface area contributed by atoms with Gasteiger partial charge in [0.1, 0.15) is 18.5 Å². The molecule has 0 atom stereocenters. The number of anilines is 1. The van der Waals surface area contributed by atoms with Crippen LogP contribution in [0.1, 0.15) is 41.5 Å². The number of pyridine rings is 2. The van der Waals surface area contributed by atoms with E-state index >= 15 is 0 Å². The van der Waals surface area contributed by atoms with E-state index in [1.807, 2.05) is 4.90 Å². The molecule has 3 N–H and O–H groups in total. The summed E-state index contributed by atoms with van der Waals surface area (Å²) in [4.78, 5) is 10.5. The molecule has 1 aromatic carbocycles. The van der Waals surface area contributed by atoms with Crippen molar-refractivity contribution in [3.63, 3.8) is 0 Å². The zero-order valence-corrected chi connectivity index (χ0v) is 21.8. The number of aromatic nitrogens is 2. The van der Waals surface area contributed by atoms with Gasteiger partial charge < -0.3 is 20.1 Å². The van der Waals surface area contributed by atoms with Crippen LogP contribution in [0, 0.1) is 22.7 Å². The lowest BCUT2D eigenvalue weighted by atomic mass is 9.85. The van der Waals surface area contributed by atoms with E-state index in [2.05, 4.69) is 16.0 Å². The van der Waals surface area contributed by atoms with Crippen molar-refractivity contribution in [1.82, 2.24) is 9.97 Å². The molecule has 0 radical (unpaired) electrons. The summed E-state index contributed by atoms with van der Waals surface area (Å²) < 4.78 is 11.4. The van der Waals surface area contributed by atoms with E-state index in [0.717, 1.165) is 12.3 Å². The number of nitrogens with zero attached hydrogens (tertiary/aromatic N) is 4. The number of nitrogens with two attached hydrogens (primary N) is 1. The number of methoxy groups -OCH3 is 1. The molecule has 0 amide bonds. The molecule has 0 spiro atoms.